The Labute approximate surface area is 142 Å². The molecule has 1 atom stereocenters. The lowest BCUT2D eigenvalue weighted by Gasteiger charge is -2.28. The average Bonchev–Trinajstić information content (AvgIpc) is 2.56. The number of morpholine rings is 1. The van der Waals surface area contributed by atoms with E-state index in [2.05, 4.69) is 39.8 Å². The Kier molecular flexibility index (Phi) is 5.95. The number of benzene rings is 1. The summed E-state index contributed by atoms with van der Waals surface area (Å²) in [7, 11) is 0. The Morgan fingerprint density at radius 1 is 1.32 bits per heavy atom. The molecule has 0 spiro atoms. The molecule has 0 saturated carbocycles. The number of fused-ring (bicyclic) bond motifs is 1. The number of hydrogen-bond acceptors (Lipinski definition) is 4. The summed E-state index contributed by atoms with van der Waals surface area (Å²) in [5.41, 5.74) is 1.37. The first-order valence-electron chi connectivity index (χ1n) is 7.89. The van der Waals surface area contributed by atoms with Gasteiger partial charge in [-0.3, -0.25) is 4.90 Å². The number of rotatable bonds is 4. The van der Waals surface area contributed by atoms with Gasteiger partial charge < -0.3 is 15.4 Å². The van der Waals surface area contributed by atoms with Crippen molar-refractivity contribution in [3.8, 4) is 0 Å². The Hall–Kier alpha value is -0.820. The first-order chi connectivity index (χ1) is 10.8. The van der Waals surface area contributed by atoms with Crippen LogP contribution in [0.5, 0.6) is 0 Å². The first kappa shape index (κ1) is 16.1. The van der Waals surface area contributed by atoms with E-state index >= 15 is 0 Å². The van der Waals surface area contributed by atoms with Gasteiger partial charge in [-0.2, -0.15) is 0 Å². The van der Waals surface area contributed by atoms with Crippen LogP contribution < -0.4 is 10.6 Å². The van der Waals surface area contributed by atoms with Crippen molar-refractivity contribution in [1.82, 2.24) is 15.5 Å². The van der Waals surface area contributed by atoms with Crippen LogP contribution in [-0.2, 0) is 4.74 Å². The molecule has 2 aliphatic heterocycles. The minimum atomic E-state index is 0.334. The SMILES string of the molecule is S=C(NCCN1CCOCC1)N[C@H]1CCSc2ccccc21. The maximum absolute atomic E-state index is 5.46. The van der Waals surface area contributed by atoms with E-state index in [1.807, 2.05) is 11.8 Å². The van der Waals surface area contributed by atoms with E-state index in [1.54, 1.807) is 0 Å². The fourth-order valence-electron chi connectivity index (χ4n) is 2.85. The van der Waals surface area contributed by atoms with Crippen molar-refractivity contribution in [1.29, 1.82) is 0 Å². The largest absolute Gasteiger partial charge is 0.379 e. The van der Waals surface area contributed by atoms with E-state index in [0.29, 0.717) is 6.04 Å². The lowest BCUT2D eigenvalue weighted by molar-refractivity contribution is 0.0389. The molecule has 1 fully saturated rings. The molecule has 2 N–H and O–H groups in total. The monoisotopic (exact) mass is 337 g/mol. The molecule has 6 heteroatoms. The van der Waals surface area contributed by atoms with E-state index < -0.39 is 0 Å². The molecule has 22 heavy (non-hydrogen) atoms. The Morgan fingerprint density at radius 3 is 3.00 bits per heavy atom. The van der Waals surface area contributed by atoms with Crippen LogP contribution >= 0.6 is 24.0 Å². The minimum Gasteiger partial charge on any atom is -0.379 e. The fourth-order valence-corrected chi connectivity index (χ4v) is 4.22. The molecule has 2 aliphatic rings. The van der Waals surface area contributed by atoms with Gasteiger partial charge in [0, 0.05) is 36.8 Å². The van der Waals surface area contributed by atoms with Crippen LogP contribution in [0.2, 0.25) is 0 Å². The van der Waals surface area contributed by atoms with Crippen molar-refractivity contribution < 1.29 is 4.74 Å². The van der Waals surface area contributed by atoms with E-state index in [-0.39, 0.29) is 0 Å². The zero-order valence-electron chi connectivity index (χ0n) is 12.7. The van der Waals surface area contributed by atoms with Crippen molar-refractivity contribution in [3.63, 3.8) is 0 Å². The van der Waals surface area contributed by atoms with Crippen molar-refractivity contribution in [2.75, 3.05) is 45.1 Å². The number of thioether (sulfide) groups is 1. The number of thiocarbonyl (C=S) groups is 1. The summed E-state index contributed by atoms with van der Waals surface area (Å²) in [4.78, 5) is 3.79. The van der Waals surface area contributed by atoms with Gasteiger partial charge in [0.1, 0.15) is 0 Å². The molecule has 0 unspecified atom stereocenters. The topological polar surface area (TPSA) is 36.5 Å². The standard InChI is InChI=1S/C16H23N3OS2/c21-16(17-6-7-19-8-10-20-11-9-19)18-14-5-12-22-15-4-2-1-3-13(14)15/h1-4,14H,5-12H2,(H2,17,18,21)/t14-/m0/s1. The smallest absolute Gasteiger partial charge is 0.166 e. The number of ether oxygens (including phenoxy) is 1. The Morgan fingerprint density at radius 2 is 2.14 bits per heavy atom. The molecule has 120 valence electrons. The average molecular weight is 338 g/mol. The first-order valence-corrected chi connectivity index (χ1v) is 9.28. The molecular weight excluding hydrogens is 314 g/mol. The Balaban J connectivity index is 1.44. The van der Waals surface area contributed by atoms with E-state index in [9.17, 15) is 0 Å². The van der Waals surface area contributed by atoms with Crippen LogP contribution in [0.4, 0.5) is 0 Å². The predicted octanol–water partition coefficient (Wildman–Crippen LogP) is 2.02. The van der Waals surface area contributed by atoms with E-state index in [1.165, 1.54) is 10.5 Å². The summed E-state index contributed by atoms with van der Waals surface area (Å²) >= 11 is 7.39. The second-order valence-corrected chi connectivity index (χ2v) is 7.13. The quantitative estimate of drug-likeness (QED) is 0.819. The van der Waals surface area contributed by atoms with Gasteiger partial charge in [-0.25, -0.2) is 0 Å². The van der Waals surface area contributed by atoms with Gasteiger partial charge in [-0.05, 0) is 30.3 Å². The zero-order chi connectivity index (χ0) is 15.2. The molecular formula is C16H23N3OS2. The third kappa shape index (κ3) is 4.35. The molecule has 0 aromatic heterocycles. The van der Waals surface area contributed by atoms with Gasteiger partial charge in [0.2, 0.25) is 0 Å². The molecule has 2 heterocycles. The predicted molar refractivity (Wildman–Crippen MR) is 95.5 cm³/mol. The molecule has 0 bridgehead atoms. The minimum absolute atomic E-state index is 0.334. The maximum atomic E-state index is 5.46. The number of hydrogen-bond donors (Lipinski definition) is 2. The second-order valence-electron chi connectivity index (χ2n) is 5.58. The van der Waals surface area contributed by atoms with E-state index in [4.69, 9.17) is 17.0 Å². The van der Waals surface area contributed by atoms with Gasteiger partial charge in [0.25, 0.3) is 0 Å². The number of nitrogens with one attached hydrogen (secondary N) is 2. The van der Waals surface area contributed by atoms with Crippen LogP contribution in [0.15, 0.2) is 29.2 Å². The van der Waals surface area contributed by atoms with E-state index in [0.717, 1.165) is 56.7 Å². The summed E-state index contributed by atoms with van der Waals surface area (Å²) in [6.45, 7) is 5.64. The molecule has 1 saturated heterocycles. The second kappa shape index (κ2) is 8.15. The molecule has 0 aliphatic carbocycles. The lowest BCUT2D eigenvalue weighted by atomic mass is 10.0. The maximum Gasteiger partial charge on any atom is 0.166 e. The summed E-state index contributed by atoms with van der Waals surface area (Å²) in [5.74, 6) is 1.14. The van der Waals surface area contributed by atoms with Gasteiger partial charge in [-0.15, -0.1) is 11.8 Å². The summed E-state index contributed by atoms with van der Waals surface area (Å²) in [6.07, 6.45) is 1.12. The molecule has 0 radical (unpaired) electrons. The molecule has 4 nitrogen and oxygen atoms in total. The van der Waals surface area contributed by atoms with Crippen molar-refractivity contribution in [3.05, 3.63) is 29.8 Å². The van der Waals surface area contributed by atoms with Crippen molar-refractivity contribution >= 4 is 29.1 Å². The highest BCUT2D eigenvalue weighted by Gasteiger charge is 2.20. The summed E-state index contributed by atoms with van der Waals surface area (Å²) in [6, 6.07) is 8.94. The molecule has 1 aromatic carbocycles. The van der Waals surface area contributed by atoms with Crippen molar-refractivity contribution in [2.24, 2.45) is 0 Å². The lowest BCUT2D eigenvalue weighted by Crippen LogP contribution is -2.44. The van der Waals surface area contributed by atoms with Crippen LogP contribution in [0, 0.1) is 0 Å². The molecule has 0 amide bonds. The zero-order valence-corrected chi connectivity index (χ0v) is 14.3. The number of nitrogens with zero attached hydrogens (tertiary/aromatic N) is 1. The summed E-state index contributed by atoms with van der Waals surface area (Å²) in [5, 5.41) is 7.58. The van der Waals surface area contributed by atoms with Gasteiger partial charge in [0.05, 0.1) is 19.3 Å². The van der Waals surface area contributed by atoms with Gasteiger partial charge in [0.15, 0.2) is 5.11 Å². The highest BCUT2D eigenvalue weighted by Crippen LogP contribution is 2.35. The van der Waals surface area contributed by atoms with Crippen LogP contribution in [0.3, 0.4) is 0 Å². The molecule has 1 aromatic rings. The molecule has 3 rings (SSSR count). The van der Waals surface area contributed by atoms with Crippen LogP contribution in [0.25, 0.3) is 0 Å². The van der Waals surface area contributed by atoms with Gasteiger partial charge >= 0.3 is 0 Å². The highest BCUT2D eigenvalue weighted by molar-refractivity contribution is 7.99. The van der Waals surface area contributed by atoms with Crippen molar-refractivity contribution in [2.45, 2.75) is 17.4 Å². The summed E-state index contributed by atoms with van der Waals surface area (Å²) < 4.78 is 5.36. The Bertz CT molecular complexity index is 506. The highest BCUT2D eigenvalue weighted by atomic mass is 32.2. The third-order valence-corrected chi connectivity index (χ3v) is 5.47. The fraction of sp³-hybridized carbons (Fsp3) is 0.562. The van der Waals surface area contributed by atoms with Gasteiger partial charge in [-0.1, -0.05) is 18.2 Å². The van der Waals surface area contributed by atoms with Crippen LogP contribution in [-0.4, -0.2) is 55.2 Å². The normalized spacial score (nSPS) is 21.9. The van der Waals surface area contributed by atoms with Crippen LogP contribution in [0.1, 0.15) is 18.0 Å². The third-order valence-electron chi connectivity index (χ3n) is 4.08.